The van der Waals surface area contributed by atoms with Gasteiger partial charge in [-0.25, -0.2) is 0 Å². The average molecular weight is 203 g/mol. The molecule has 0 aromatic heterocycles. The van der Waals surface area contributed by atoms with E-state index in [1.54, 1.807) is 6.92 Å². The van der Waals surface area contributed by atoms with Gasteiger partial charge >= 0.3 is 0 Å². The van der Waals surface area contributed by atoms with Crippen molar-refractivity contribution in [2.75, 3.05) is 32.8 Å². The number of hydrogen-bond donors (Lipinski definition) is 2. The molecule has 0 atom stereocenters. The number of rotatable bonds is 7. The first-order valence-electron chi connectivity index (χ1n) is 4.45. The molecule has 0 fully saturated rings. The first kappa shape index (κ1) is 12.9. The highest BCUT2D eigenvalue weighted by atomic mass is 16.5. The Morgan fingerprint density at radius 3 is 2.50 bits per heavy atom. The van der Waals surface area contributed by atoms with Crippen molar-refractivity contribution in [1.82, 2.24) is 4.90 Å². The van der Waals surface area contributed by atoms with Gasteiger partial charge in [0.25, 0.3) is 0 Å². The highest BCUT2D eigenvalue weighted by Crippen LogP contribution is 1.89. The van der Waals surface area contributed by atoms with Crippen LogP contribution in [0.5, 0.6) is 0 Å². The van der Waals surface area contributed by atoms with E-state index < -0.39 is 5.91 Å². The Labute approximate surface area is 83.2 Å². The van der Waals surface area contributed by atoms with Crippen molar-refractivity contribution in [2.24, 2.45) is 11.5 Å². The molecule has 2 amide bonds. The number of carbonyl (C=O) groups is 2. The quantitative estimate of drug-likeness (QED) is 0.481. The van der Waals surface area contributed by atoms with Crippen LogP contribution >= 0.6 is 0 Å². The molecule has 0 heterocycles. The summed E-state index contributed by atoms with van der Waals surface area (Å²) in [6.45, 7) is 2.78. The normalized spacial score (nSPS) is 9.86. The van der Waals surface area contributed by atoms with Gasteiger partial charge in [0.2, 0.25) is 11.8 Å². The summed E-state index contributed by atoms with van der Waals surface area (Å²) in [4.78, 5) is 23.2. The van der Waals surface area contributed by atoms with Crippen molar-refractivity contribution in [1.29, 1.82) is 0 Å². The van der Waals surface area contributed by atoms with Crippen LogP contribution in [-0.2, 0) is 14.3 Å². The van der Waals surface area contributed by atoms with Crippen molar-refractivity contribution < 1.29 is 14.3 Å². The molecule has 0 bridgehead atoms. The number of ether oxygens (including phenoxy) is 1. The second-order valence-corrected chi connectivity index (χ2v) is 2.72. The van der Waals surface area contributed by atoms with Crippen molar-refractivity contribution in [3.05, 3.63) is 0 Å². The lowest BCUT2D eigenvalue weighted by Gasteiger charge is -2.18. The molecule has 0 aliphatic rings. The minimum Gasteiger partial charge on any atom is -0.370 e. The molecule has 0 aromatic rings. The maximum atomic E-state index is 11.3. The first-order valence-corrected chi connectivity index (χ1v) is 4.45. The van der Waals surface area contributed by atoms with E-state index in [4.69, 9.17) is 16.2 Å². The third kappa shape index (κ3) is 5.50. The van der Waals surface area contributed by atoms with Gasteiger partial charge in [0, 0.05) is 13.1 Å². The Hall–Kier alpha value is -1.14. The van der Waals surface area contributed by atoms with Gasteiger partial charge in [0.15, 0.2) is 0 Å². The first-order chi connectivity index (χ1) is 6.61. The molecule has 6 nitrogen and oxygen atoms in total. The van der Waals surface area contributed by atoms with E-state index in [1.165, 1.54) is 4.90 Å². The summed E-state index contributed by atoms with van der Waals surface area (Å²) < 4.78 is 4.94. The highest BCUT2D eigenvalue weighted by molar-refractivity contribution is 5.84. The molecule has 4 N–H and O–H groups in total. The monoisotopic (exact) mass is 203 g/mol. The molecule has 0 aliphatic heterocycles. The number of likely N-dealkylation sites (N-methyl/N-ethyl adjacent to an activating group) is 1. The fourth-order valence-electron chi connectivity index (χ4n) is 0.899. The van der Waals surface area contributed by atoms with Crippen LogP contribution in [0.4, 0.5) is 0 Å². The summed E-state index contributed by atoms with van der Waals surface area (Å²) in [6.07, 6.45) is 0. The molecule has 14 heavy (non-hydrogen) atoms. The molecule has 0 saturated carbocycles. The molecule has 0 unspecified atom stereocenters. The molecular weight excluding hydrogens is 186 g/mol. The maximum Gasteiger partial charge on any atom is 0.249 e. The van der Waals surface area contributed by atoms with Gasteiger partial charge in [-0.1, -0.05) is 0 Å². The Balaban J connectivity index is 3.85. The van der Waals surface area contributed by atoms with Crippen LogP contribution in [0.2, 0.25) is 0 Å². The molecule has 0 radical (unpaired) electrons. The Morgan fingerprint density at radius 1 is 1.43 bits per heavy atom. The summed E-state index contributed by atoms with van der Waals surface area (Å²) in [6, 6.07) is 0. The maximum absolute atomic E-state index is 11.3. The zero-order valence-electron chi connectivity index (χ0n) is 8.36. The summed E-state index contributed by atoms with van der Waals surface area (Å²) in [5.41, 5.74) is 10.1. The molecule has 0 aliphatic carbocycles. The Bertz CT molecular complexity index is 196. The van der Waals surface area contributed by atoms with Crippen LogP contribution in [0.15, 0.2) is 0 Å². The highest BCUT2D eigenvalue weighted by Gasteiger charge is 2.13. The third-order valence-electron chi connectivity index (χ3n) is 1.57. The lowest BCUT2D eigenvalue weighted by atomic mass is 10.4. The largest absolute Gasteiger partial charge is 0.370 e. The number of amides is 2. The fraction of sp³-hybridized carbons (Fsp3) is 0.750. The van der Waals surface area contributed by atoms with Gasteiger partial charge in [-0.15, -0.1) is 0 Å². The summed E-state index contributed by atoms with van der Waals surface area (Å²) >= 11 is 0. The van der Waals surface area contributed by atoms with Crippen LogP contribution in [0.1, 0.15) is 6.92 Å². The minimum atomic E-state index is -0.529. The molecule has 82 valence electrons. The van der Waals surface area contributed by atoms with Gasteiger partial charge in [0.1, 0.15) is 6.61 Å². The average Bonchev–Trinajstić information content (AvgIpc) is 2.14. The SMILES string of the molecule is CCN(CC(N)=O)C(=O)COCCN. The summed E-state index contributed by atoms with van der Waals surface area (Å²) in [5.74, 6) is -0.779. The molecule has 0 rings (SSSR count). The van der Waals surface area contributed by atoms with Crippen molar-refractivity contribution in [3.63, 3.8) is 0 Å². The van der Waals surface area contributed by atoms with Crippen molar-refractivity contribution in [3.8, 4) is 0 Å². The lowest BCUT2D eigenvalue weighted by molar-refractivity contribution is -0.138. The van der Waals surface area contributed by atoms with E-state index in [9.17, 15) is 9.59 Å². The van der Waals surface area contributed by atoms with E-state index in [2.05, 4.69) is 0 Å². The van der Waals surface area contributed by atoms with Gasteiger partial charge in [-0.3, -0.25) is 9.59 Å². The summed E-state index contributed by atoms with van der Waals surface area (Å²) in [7, 11) is 0. The predicted molar refractivity (Wildman–Crippen MR) is 51.3 cm³/mol. The smallest absolute Gasteiger partial charge is 0.249 e. The fourth-order valence-corrected chi connectivity index (χ4v) is 0.899. The van der Waals surface area contributed by atoms with Crippen LogP contribution in [0, 0.1) is 0 Å². The van der Waals surface area contributed by atoms with Crippen molar-refractivity contribution in [2.45, 2.75) is 6.92 Å². The topological polar surface area (TPSA) is 98.6 Å². The molecule has 6 heteroatoms. The van der Waals surface area contributed by atoms with Crippen LogP contribution in [0.3, 0.4) is 0 Å². The van der Waals surface area contributed by atoms with Crippen LogP contribution in [0.25, 0.3) is 0 Å². The molecular formula is C8H17N3O3. The van der Waals surface area contributed by atoms with E-state index >= 15 is 0 Å². The number of hydrogen-bond acceptors (Lipinski definition) is 4. The van der Waals surface area contributed by atoms with Gasteiger partial charge < -0.3 is 21.1 Å². The Kier molecular flexibility index (Phi) is 6.69. The zero-order chi connectivity index (χ0) is 11.0. The minimum absolute atomic E-state index is 0.0572. The lowest BCUT2D eigenvalue weighted by Crippen LogP contribution is -2.40. The number of primary amides is 1. The second kappa shape index (κ2) is 7.28. The standard InChI is InChI=1S/C8H17N3O3/c1-2-11(5-7(10)12)8(13)6-14-4-3-9/h2-6,9H2,1H3,(H2,10,12). The molecule has 0 aromatic carbocycles. The van der Waals surface area contributed by atoms with Crippen LogP contribution < -0.4 is 11.5 Å². The summed E-state index contributed by atoms with van der Waals surface area (Å²) in [5, 5.41) is 0. The number of carbonyl (C=O) groups excluding carboxylic acids is 2. The Morgan fingerprint density at radius 2 is 2.07 bits per heavy atom. The van der Waals surface area contributed by atoms with Gasteiger partial charge in [0.05, 0.1) is 13.2 Å². The van der Waals surface area contributed by atoms with E-state index in [1.807, 2.05) is 0 Å². The van der Waals surface area contributed by atoms with Gasteiger partial charge in [-0.05, 0) is 6.92 Å². The molecule has 0 spiro atoms. The van der Waals surface area contributed by atoms with E-state index in [-0.39, 0.29) is 19.1 Å². The van der Waals surface area contributed by atoms with E-state index in [0.717, 1.165) is 0 Å². The zero-order valence-corrected chi connectivity index (χ0v) is 8.36. The second-order valence-electron chi connectivity index (χ2n) is 2.72. The van der Waals surface area contributed by atoms with Crippen LogP contribution in [-0.4, -0.2) is 49.6 Å². The predicted octanol–water partition coefficient (Wildman–Crippen LogP) is -1.70. The molecule has 0 saturated heterocycles. The van der Waals surface area contributed by atoms with Crippen molar-refractivity contribution >= 4 is 11.8 Å². The third-order valence-corrected chi connectivity index (χ3v) is 1.57. The number of nitrogens with two attached hydrogens (primary N) is 2. The van der Waals surface area contributed by atoms with Gasteiger partial charge in [-0.2, -0.15) is 0 Å². The number of nitrogens with zero attached hydrogens (tertiary/aromatic N) is 1. The van der Waals surface area contributed by atoms with E-state index in [0.29, 0.717) is 19.7 Å².